The largest absolute Gasteiger partial charge is 0.317 e. The maximum Gasteiger partial charge on any atom is 0.00478 e. The van der Waals surface area contributed by atoms with Crippen LogP contribution in [0.25, 0.3) is 0 Å². The Labute approximate surface area is 82.7 Å². The molecule has 2 heteroatoms. The Morgan fingerprint density at radius 2 is 2.15 bits per heavy atom. The molecule has 1 aliphatic rings. The average molecular weight is 184 g/mol. The van der Waals surface area contributed by atoms with Gasteiger partial charge in [-0.1, -0.05) is 6.42 Å². The van der Waals surface area contributed by atoms with Crippen molar-refractivity contribution >= 4 is 0 Å². The van der Waals surface area contributed by atoms with E-state index in [-0.39, 0.29) is 0 Å². The van der Waals surface area contributed by atoms with Gasteiger partial charge in [-0.2, -0.15) is 0 Å². The maximum absolute atomic E-state index is 3.27. The minimum Gasteiger partial charge on any atom is -0.317 e. The van der Waals surface area contributed by atoms with Crippen LogP contribution < -0.4 is 5.32 Å². The van der Waals surface area contributed by atoms with Gasteiger partial charge >= 0.3 is 0 Å². The summed E-state index contributed by atoms with van der Waals surface area (Å²) in [6.45, 7) is 4.80. The molecule has 1 unspecified atom stereocenters. The smallest absolute Gasteiger partial charge is 0.00478 e. The van der Waals surface area contributed by atoms with Crippen LogP contribution in [0, 0.1) is 5.92 Å². The molecule has 0 bridgehead atoms. The Morgan fingerprint density at radius 3 is 2.62 bits per heavy atom. The summed E-state index contributed by atoms with van der Waals surface area (Å²) >= 11 is 0. The number of hydrogen-bond donors (Lipinski definition) is 1. The zero-order valence-electron chi connectivity index (χ0n) is 9.34. The molecule has 78 valence electrons. The van der Waals surface area contributed by atoms with Crippen LogP contribution in [0.5, 0.6) is 0 Å². The lowest BCUT2D eigenvalue weighted by atomic mass is 9.85. The second kappa shape index (κ2) is 5.61. The summed E-state index contributed by atoms with van der Waals surface area (Å²) in [5, 5.41) is 3.27. The summed E-state index contributed by atoms with van der Waals surface area (Å²) in [6.07, 6.45) is 5.66. The van der Waals surface area contributed by atoms with E-state index in [4.69, 9.17) is 0 Å². The fourth-order valence-corrected chi connectivity index (χ4v) is 1.77. The molecule has 0 heterocycles. The highest BCUT2D eigenvalue weighted by molar-refractivity contribution is 4.73. The minimum atomic E-state index is 0.656. The highest BCUT2D eigenvalue weighted by Crippen LogP contribution is 2.26. The van der Waals surface area contributed by atoms with Crippen LogP contribution in [0.1, 0.15) is 32.6 Å². The van der Waals surface area contributed by atoms with Crippen LogP contribution in [0.3, 0.4) is 0 Å². The molecule has 0 amide bonds. The predicted molar refractivity (Wildman–Crippen MR) is 58.0 cm³/mol. The van der Waals surface area contributed by atoms with Crippen LogP contribution in [0.4, 0.5) is 0 Å². The van der Waals surface area contributed by atoms with Gasteiger partial charge in [-0.15, -0.1) is 0 Å². The first-order valence-electron chi connectivity index (χ1n) is 5.58. The Balaban J connectivity index is 1.99. The zero-order valence-corrected chi connectivity index (χ0v) is 9.34. The SMILES string of the molecule is CNC(C)CCN(C)CC1CCC1. The minimum absolute atomic E-state index is 0.656. The first-order chi connectivity index (χ1) is 6.22. The van der Waals surface area contributed by atoms with E-state index < -0.39 is 0 Å². The summed E-state index contributed by atoms with van der Waals surface area (Å²) in [5.41, 5.74) is 0. The molecule has 0 radical (unpaired) electrons. The Bertz CT molecular complexity index is 132. The van der Waals surface area contributed by atoms with E-state index in [1.807, 2.05) is 7.05 Å². The van der Waals surface area contributed by atoms with Crippen molar-refractivity contribution in [3.05, 3.63) is 0 Å². The lowest BCUT2D eigenvalue weighted by molar-refractivity contribution is 0.200. The van der Waals surface area contributed by atoms with Crippen molar-refractivity contribution in [1.29, 1.82) is 0 Å². The molecule has 2 nitrogen and oxygen atoms in total. The van der Waals surface area contributed by atoms with Crippen LogP contribution in [-0.4, -0.2) is 38.1 Å². The summed E-state index contributed by atoms with van der Waals surface area (Å²) in [4.78, 5) is 2.48. The summed E-state index contributed by atoms with van der Waals surface area (Å²) < 4.78 is 0. The lowest BCUT2D eigenvalue weighted by Gasteiger charge is -2.30. The molecule has 1 atom stereocenters. The van der Waals surface area contributed by atoms with Gasteiger partial charge in [0.1, 0.15) is 0 Å². The van der Waals surface area contributed by atoms with E-state index in [0.717, 1.165) is 5.92 Å². The van der Waals surface area contributed by atoms with Gasteiger partial charge in [-0.05, 0) is 52.7 Å². The van der Waals surface area contributed by atoms with Crippen molar-refractivity contribution in [1.82, 2.24) is 10.2 Å². The molecule has 1 N–H and O–H groups in total. The van der Waals surface area contributed by atoms with E-state index in [0.29, 0.717) is 6.04 Å². The third-order valence-corrected chi connectivity index (χ3v) is 3.23. The van der Waals surface area contributed by atoms with Crippen molar-refractivity contribution < 1.29 is 0 Å². The molecule has 0 spiro atoms. The first kappa shape index (κ1) is 11.0. The molecule has 0 aromatic rings. The third-order valence-electron chi connectivity index (χ3n) is 3.23. The fraction of sp³-hybridized carbons (Fsp3) is 1.00. The molecule has 1 aliphatic carbocycles. The van der Waals surface area contributed by atoms with Crippen molar-refractivity contribution in [2.24, 2.45) is 5.92 Å². The maximum atomic E-state index is 3.27. The zero-order chi connectivity index (χ0) is 9.68. The molecular formula is C11H24N2. The van der Waals surface area contributed by atoms with E-state index in [1.54, 1.807) is 0 Å². The molecule has 0 aromatic carbocycles. The Morgan fingerprint density at radius 1 is 1.46 bits per heavy atom. The van der Waals surface area contributed by atoms with Gasteiger partial charge in [-0.25, -0.2) is 0 Å². The van der Waals surface area contributed by atoms with Crippen LogP contribution in [0.2, 0.25) is 0 Å². The van der Waals surface area contributed by atoms with Gasteiger partial charge in [-0.3, -0.25) is 0 Å². The van der Waals surface area contributed by atoms with Crippen molar-refractivity contribution in [3.63, 3.8) is 0 Å². The highest BCUT2D eigenvalue weighted by Gasteiger charge is 2.18. The number of nitrogens with one attached hydrogen (secondary N) is 1. The van der Waals surface area contributed by atoms with E-state index >= 15 is 0 Å². The molecule has 1 fully saturated rings. The highest BCUT2D eigenvalue weighted by atomic mass is 15.1. The van der Waals surface area contributed by atoms with Gasteiger partial charge < -0.3 is 10.2 Å². The van der Waals surface area contributed by atoms with E-state index in [2.05, 4.69) is 24.2 Å². The van der Waals surface area contributed by atoms with Crippen LogP contribution >= 0.6 is 0 Å². The number of nitrogens with zero attached hydrogens (tertiary/aromatic N) is 1. The Kier molecular flexibility index (Phi) is 4.74. The molecule has 0 aromatic heterocycles. The van der Waals surface area contributed by atoms with Crippen LogP contribution in [-0.2, 0) is 0 Å². The van der Waals surface area contributed by atoms with Gasteiger partial charge in [0.05, 0.1) is 0 Å². The molecule has 0 saturated heterocycles. The molecule has 1 rings (SSSR count). The van der Waals surface area contributed by atoms with Gasteiger partial charge in [0.2, 0.25) is 0 Å². The normalized spacial score (nSPS) is 20.3. The van der Waals surface area contributed by atoms with Crippen molar-refractivity contribution in [2.45, 2.75) is 38.6 Å². The summed E-state index contributed by atoms with van der Waals surface area (Å²) in [5.74, 6) is 1.01. The van der Waals surface area contributed by atoms with Crippen molar-refractivity contribution in [3.8, 4) is 0 Å². The van der Waals surface area contributed by atoms with E-state index in [9.17, 15) is 0 Å². The Hall–Kier alpha value is -0.0800. The molecule has 0 aliphatic heterocycles. The molecular weight excluding hydrogens is 160 g/mol. The van der Waals surface area contributed by atoms with Gasteiger partial charge in [0.25, 0.3) is 0 Å². The number of hydrogen-bond acceptors (Lipinski definition) is 2. The number of rotatable bonds is 6. The van der Waals surface area contributed by atoms with Gasteiger partial charge in [0.15, 0.2) is 0 Å². The third kappa shape index (κ3) is 4.10. The standard InChI is InChI=1S/C11H24N2/c1-10(12-2)7-8-13(3)9-11-5-4-6-11/h10-12H,4-9H2,1-3H3. The monoisotopic (exact) mass is 184 g/mol. The lowest BCUT2D eigenvalue weighted by Crippen LogP contribution is -2.33. The molecule has 13 heavy (non-hydrogen) atoms. The summed E-state index contributed by atoms with van der Waals surface area (Å²) in [6, 6.07) is 0.656. The fourth-order valence-electron chi connectivity index (χ4n) is 1.77. The summed E-state index contributed by atoms with van der Waals surface area (Å²) in [7, 11) is 4.29. The van der Waals surface area contributed by atoms with Crippen LogP contribution in [0.15, 0.2) is 0 Å². The second-order valence-corrected chi connectivity index (χ2v) is 4.54. The topological polar surface area (TPSA) is 15.3 Å². The molecule has 1 saturated carbocycles. The second-order valence-electron chi connectivity index (χ2n) is 4.54. The van der Waals surface area contributed by atoms with Crippen molar-refractivity contribution in [2.75, 3.05) is 27.2 Å². The van der Waals surface area contributed by atoms with Gasteiger partial charge in [0, 0.05) is 12.6 Å². The van der Waals surface area contributed by atoms with E-state index in [1.165, 1.54) is 38.8 Å². The quantitative estimate of drug-likeness (QED) is 0.676. The predicted octanol–water partition coefficient (Wildman–Crippen LogP) is 1.72. The first-order valence-corrected chi connectivity index (χ1v) is 5.58. The average Bonchev–Trinajstić information content (AvgIpc) is 2.07.